The number of carbonyl (C=O) groups excluding carboxylic acids is 2. The molecule has 0 saturated carbocycles. The Kier molecular flexibility index (Phi) is 9.62. The maximum absolute atomic E-state index is 14.5. The predicted octanol–water partition coefficient (Wildman–Crippen LogP) is 7.54. The second-order valence-electron chi connectivity index (χ2n) is 12.6. The van der Waals surface area contributed by atoms with Gasteiger partial charge < -0.3 is 9.47 Å². The molecule has 6 heteroatoms. The SMILES string of the molecule is CC1(C)COC(C)(C)N1C(=O)O[C@@H](C(=O)c1ccccc1)[C@H](Cc1ccccc1)N(Cc1ccccc1)Cc1ccccc1. The molecule has 1 amide bonds. The number of carbonyl (C=O) groups is 2. The van der Waals surface area contributed by atoms with Crippen molar-refractivity contribution in [2.24, 2.45) is 0 Å². The number of hydrogen-bond acceptors (Lipinski definition) is 5. The van der Waals surface area contributed by atoms with Crippen LogP contribution in [0.4, 0.5) is 4.79 Å². The van der Waals surface area contributed by atoms with Crippen molar-refractivity contribution in [2.75, 3.05) is 6.61 Å². The van der Waals surface area contributed by atoms with Crippen LogP contribution in [0.5, 0.6) is 0 Å². The van der Waals surface area contributed by atoms with Gasteiger partial charge in [0.25, 0.3) is 0 Å². The number of ether oxygens (including phenoxy) is 2. The summed E-state index contributed by atoms with van der Waals surface area (Å²) < 4.78 is 12.4. The molecule has 0 spiro atoms. The van der Waals surface area contributed by atoms with E-state index in [1.54, 1.807) is 17.0 Å². The molecule has 0 N–H and O–H groups in total. The van der Waals surface area contributed by atoms with Gasteiger partial charge in [0.2, 0.25) is 5.78 Å². The fourth-order valence-electron chi connectivity index (χ4n) is 6.12. The summed E-state index contributed by atoms with van der Waals surface area (Å²) in [5.74, 6) is -0.235. The highest BCUT2D eigenvalue weighted by molar-refractivity contribution is 6.01. The Morgan fingerprint density at radius 2 is 1.18 bits per heavy atom. The zero-order valence-electron chi connectivity index (χ0n) is 26.1. The minimum Gasteiger partial charge on any atom is -0.436 e. The topological polar surface area (TPSA) is 59.1 Å². The van der Waals surface area contributed by atoms with E-state index in [4.69, 9.17) is 9.47 Å². The van der Waals surface area contributed by atoms with E-state index in [9.17, 15) is 9.59 Å². The molecule has 6 nitrogen and oxygen atoms in total. The summed E-state index contributed by atoms with van der Waals surface area (Å²) in [5.41, 5.74) is 2.27. The molecule has 228 valence electrons. The predicted molar refractivity (Wildman–Crippen MR) is 173 cm³/mol. The normalized spacial score (nSPS) is 16.8. The van der Waals surface area contributed by atoms with Crippen LogP contribution in [-0.2, 0) is 29.0 Å². The highest BCUT2D eigenvalue weighted by atomic mass is 16.6. The van der Waals surface area contributed by atoms with E-state index in [0.29, 0.717) is 31.7 Å². The summed E-state index contributed by atoms with van der Waals surface area (Å²) in [7, 11) is 0. The third-order valence-electron chi connectivity index (χ3n) is 8.21. The molecule has 0 aliphatic carbocycles. The van der Waals surface area contributed by atoms with Crippen molar-refractivity contribution in [3.63, 3.8) is 0 Å². The van der Waals surface area contributed by atoms with Crippen LogP contribution in [-0.4, -0.2) is 51.7 Å². The zero-order valence-corrected chi connectivity index (χ0v) is 26.1. The van der Waals surface area contributed by atoms with Crippen LogP contribution < -0.4 is 0 Å². The summed E-state index contributed by atoms with van der Waals surface area (Å²) in [4.78, 5) is 32.6. The van der Waals surface area contributed by atoms with Gasteiger partial charge in [-0.1, -0.05) is 121 Å². The maximum Gasteiger partial charge on any atom is 0.413 e. The summed E-state index contributed by atoms with van der Waals surface area (Å²) in [6, 6.07) is 39.2. The van der Waals surface area contributed by atoms with Gasteiger partial charge in [0.15, 0.2) is 6.10 Å². The molecule has 1 heterocycles. The van der Waals surface area contributed by atoms with Crippen molar-refractivity contribution in [1.82, 2.24) is 9.80 Å². The number of hydrogen-bond donors (Lipinski definition) is 0. The number of ketones is 1. The van der Waals surface area contributed by atoms with Crippen molar-refractivity contribution in [3.8, 4) is 0 Å². The Morgan fingerprint density at radius 1 is 0.727 bits per heavy atom. The maximum atomic E-state index is 14.5. The van der Waals surface area contributed by atoms with Crippen LogP contribution >= 0.6 is 0 Å². The van der Waals surface area contributed by atoms with Crippen molar-refractivity contribution >= 4 is 11.9 Å². The van der Waals surface area contributed by atoms with Gasteiger partial charge in [0, 0.05) is 18.7 Å². The lowest BCUT2D eigenvalue weighted by Gasteiger charge is -2.40. The molecule has 1 aliphatic heterocycles. The van der Waals surface area contributed by atoms with Crippen LogP contribution in [0.15, 0.2) is 121 Å². The Labute approximate surface area is 261 Å². The monoisotopic (exact) mass is 590 g/mol. The van der Waals surface area contributed by atoms with E-state index < -0.39 is 29.5 Å². The molecular weight excluding hydrogens is 548 g/mol. The molecule has 0 unspecified atom stereocenters. The summed E-state index contributed by atoms with van der Waals surface area (Å²) in [6.07, 6.45) is -1.16. The summed E-state index contributed by atoms with van der Waals surface area (Å²) in [6.45, 7) is 9.12. The van der Waals surface area contributed by atoms with Crippen molar-refractivity contribution < 1.29 is 19.1 Å². The molecule has 1 saturated heterocycles. The fraction of sp³-hybridized carbons (Fsp3) is 0.316. The Hall–Kier alpha value is -4.26. The molecule has 0 aromatic heterocycles. The molecule has 1 fully saturated rings. The molecule has 4 aromatic carbocycles. The standard InChI is InChI=1S/C38H42N2O4/c1-37(2)28-43-38(3,4)40(37)36(42)44-35(34(41)32-23-15-8-16-24-32)33(25-29-17-9-5-10-18-29)39(26-30-19-11-6-12-20-30)27-31-21-13-7-14-22-31/h5-24,33,35H,25-28H2,1-4H3/t33-,35+/m0/s1. The van der Waals surface area contributed by atoms with Gasteiger partial charge in [-0.05, 0) is 50.8 Å². The van der Waals surface area contributed by atoms with Gasteiger partial charge in [0.1, 0.15) is 5.72 Å². The first kappa shape index (κ1) is 31.2. The van der Waals surface area contributed by atoms with Gasteiger partial charge >= 0.3 is 6.09 Å². The Morgan fingerprint density at radius 3 is 1.64 bits per heavy atom. The van der Waals surface area contributed by atoms with E-state index in [1.807, 2.05) is 100 Å². The highest BCUT2D eigenvalue weighted by Crippen LogP contribution is 2.36. The molecule has 0 bridgehead atoms. The van der Waals surface area contributed by atoms with Crippen molar-refractivity contribution in [2.45, 2.75) is 70.6 Å². The summed E-state index contributed by atoms with van der Waals surface area (Å²) >= 11 is 0. The van der Waals surface area contributed by atoms with Gasteiger partial charge in [0.05, 0.1) is 18.2 Å². The second-order valence-corrected chi connectivity index (χ2v) is 12.6. The second kappa shape index (κ2) is 13.6. The first-order chi connectivity index (χ1) is 21.1. The van der Waals surface area contributed by atoms with Crippen LogP contribution in [0.25, 0.3) is 0 Å². The average Bonchev–Trinajstić information content (AvgIpc) is 3.26. The van der Waals surface area contributed by atoms with Gasteiger partial charge in [-0.3, -0.25) is 14.6 Å². The van der Waals surface area contributed by atoms with E-state index >= 15 is 0 Å². The highest BCUT2D eigenvalue weighted by Gasteiger charge is 2.51. The van der Waals surface area contributed by atoms with Crippen molar-refractivity contribution in [1.29, 1.82) is 0 Å². The third-order valence-corrected chi connectivity index (χ3v) is 8.21. The fourth-order valence-corrected chi connectivity index (χ4v) is 6.12. The quantitative estimate of drug-likeness (QED) is 0.169. The lowest BCUT2D eigenvalue weighted by molar-refractivity contribution is -0.0634. The van der Waals surface area contributed by atoms with E-state index in [1.165, 1.54) is 0 Å². The van der Waals surface area contributed by atoms with Gasteiger partial charge in [-0.2, -0.15) is 0 Å². The Bertz CT molecular complexity index is 1450. The number of amides is 1. The van der Waals surface area contributed by atoms with E-state index in [2.05, 4.69) is 41.3 Å². The lowest BCUT2D eigenvalue weighted by Crippen LogP contribution is -2.56. The zero-order chi connectivity index (χ0) is 31.2. The lowest BCUT2D eigenvalue weighted by atomic mass is 9.92. The molecular formula is C38H42N2O4. The number of Topliss-reactive ketones (excluding diaryl/α,β-unsaturated/α-hetero) is 1. The van der Waals surface area contributed by atoms with Crippen molar-refractivity contribution in [3.05, 3.63) is 144 Å². The number of nitrogens with zero attached hydrogens (tertiary/aromatic N) is 2. The number of benzene rings is 4. The molecule has 4 aromatic rings. The minimum atomic E-state index is -1.09. The van der Waals surface area contributed by atoms with Gasteiger partial charge in [-0.25, -0.2) is 4.79 Å². The van der Waals surface area contributed by atoms with Crippen LogP contribution in [0, 0.1) is 0 Å². The van der Waals surface area contributed by atoms with E-state index in [0.717, 1.165) is 16.7 Å². The minimum absolute atomic E-state index is 0.235. The average molecular weight is 591 g/mol. The smallest absolute Gasteiger partial charge is 0.413 e. The largest absolute Gasteiger partial charge is 0.436 e. The molecule has 1 aliphatic rings. The third kappa shape index (κ3) is 7.44. The number of rotatable bonds is 11. The van der Waals surface area contributed by atoms with Crippen LogP contribution in [0.2, 0.25) is 0 Å². The van der Waals surface area contributed by atoms with Gasteiger partial charge in [-0.15, -0.1) is 0 Å². The molecule has 44 heavy (non-hydrogen) atoms. The Balaban J connectivity index is 1.61. The summed E-state index contributed by atoms with van der Waals surface area (Å²) in [5, 5.41) is 0. The van der Waals surface area contributed by atoms with E-state index in [-0.39, 0.29) is 5.78 Å². The first-order valence-electron chi connectivity index (χ1n) is 15.2. The first-order valence-corrected chi connectivity index (χ1v) is 15.2. The van der Waals surface area contributed by atoms with Crippen LogP contribution in [0.3, 0.4) is 0 Å². The molecule has 2 atom stereocenters. The van der Waals surface area contributed by atoms with Crippen LogP contribution in [0.1, 0.15) is 54.7 Å². The molecule has 5 rings (SSSR count). The molecule has 0 radical (unpaired) electrons.